The summed E-state index contributed by atoms with van der Waals surface area (Å²) < 4.78 is 0.900. The van der Waals surface area contributed by atoms with Crippen molar-refractivity contribution >= 4 is 44.5 Å². The van der Waals surface area contributed by atoms with Gasteiger partial charge in [0.05, 0.1) is 39.4 Å². The molecule has 0 bridgehead atoms. The molecule has 11 heteroatoms. The lowest BCUT2D eigenvalue weighted by Gasteiger charge is -2.36. The number of carboxylic acids is 1. The van der Waals surface area contributed by atoms with Gasteiger partial charge in [-0.2, -0.15) is 0 Å². The number of aliphatic carboxylic acids is 1. The average Bonchev–Trinajstić information content (AvgIpc) is 3.33. The second-order valence-electron chi connectivity index (χ2n) is 9.28. The number of hydrogen-bond acceptors (Lipinski definition) is 8. The smallest absolute Gasteiger partial charge is 0.321 e. The highest BCUT2D eigenvalue weighted by molar-refractivity contribution is 7.23. The Kier molecular flexibility index (Phi) is 6.46. The molecule has 0 saturated carbocycles. The molecule has 0 spiro atoms. The van der Waals surface area contributed by atoms with Gasteiger partial charge in [-0.1, -0.05) is 17.4 Å². The van der Waals surface area contributed by atoms with Crippen LogP contribution in [0.5, 0.6) is 0 Å². The van der Waals surface area contributed by atoms with Gasteiger partial charge >= 0.3 is 12.0 Å². The number of anilines is 2. The lowest BCUT2D eigenvalue weighted by Crippen LogP contribution is -2.43. The number of carboxylic acid groups (broad SMARTS) is 1. The minimum atomic E-state index is -0.754. The van der Waals surface area contributed by atoms with Gasteiger partial charge in [0.25, 0.3) is 0 Å². The predicted octanol–water partition coefficient (Wildman–Crippen LogP) is 4.41. The third kappa shape index (κ3) is 4.69. The van der Waals surface area contributed by atoms with Gasteiger partial charge in [0.15, 0.2) is 5.13 Å². The van der Waals surface area contributed by atoms with Gasteiger partial charge in [-0.25, -0.2) is 14.8 Å². The highest BCUT2D eigenvalue weighted by atomic mass is 32.1. The Hall–Kier alpha value is -4.12. The van der Waals surface area contributed by atoms with Gasteiger partial charge in [0.2, 0.25) is 0 Å². The van der Waals surface area contributed by atoms with Gasteiger partial charge in [0.1, 0.15) is 5.82 Å². The summed E-state index contributed by atoms with van der Waals surface area (Å²) in [5.74, 6) is -0.0334. The van der Waals surface area contributed by atoms with E-state index in [-0.39, 0.29) is 0 Å². The van der Waals surface area contributed by atoms with E-state index in [1.54, 1.807) is 25.5 Å². The summed E-state index contributed by atoms with van der Waals surface area (Å²) in [7, 11) is 0. The van der Waals surface area contributed by atoms with E-state index in [4.69, 9.17) is 10.7 Å². The van der Waals surface area contributed by atoms with E-state index in [1.807, 2.05) is 37.3 Å². The first-order chi connectivity index (χ1) is 17.8. The zero-order valence-electron chi connectivity index (χ0n) is 20.6. The van der Waals surface area contributed by atoms with E-state index in [9.17, 15) is 14.7 Å². The van der Waals surface area contributed by atoms with E-state index in [2.05, 4.69) is 19.9 Å². The van der Waals surface area contributed by atoms with Crippen LogP contribution >= 0.6 is 11.3 Å². The first-order valence-electron chi connectivity index (χ1n) is 12.0. The van der Waals surface area contributed by atoms with Crippen LogP contribution in [0.4, 0.5) is 15.7 Å². The van der Waals surface area contributed by atoms with Crippen LogP contribution in [0.15, 0.2) is 48.9 Å². The van der Waals surface area contributed by atoms with Crippen LogP contribution < -0.4 is 15.5 Å². The predicted molar refractivity (Wildman–Crippen MR) is 144 cm³/mol. The summed E-state index contributed by atoms with van der Waals surface area (Å²) >= 11 is 1.40. The monoisotopic (exact) mass is 517 g/mol. The van der Waals surface area contributed by atoms with E-state index < -0.39 is 17.4 Å². The number of rotatable bonds is 6. The molecule has 4 aromatic rings. The normalized spacial score (nSPS) is 15.0. The number of nitrogens with zero attached hydrogens (tertiary/aromatic N) is 6. The van der Waals surface area contributed by atoms with Gasteiger partial charge in [-0.15, -0.1) is 0 Å². The number of aromatic nitrogens is 4. The minimum absolute atomic E-state index is 0.413. The zero-order chi connectivity index (χ0) is 26.2. The molecule has 3 aromatic heterocycles. The lowest BCUT2D eigenvalue weighted by atomic mass is 9.80. The summed E-state index contributed by atoms with van der Waals surface area (Å²) in [5.41, 5.74) is 8.74. The molecule has 1 aliphatic heterocycles. The van der Waals surface area contributed by atoms with Crippen LogP contribution in [0.25, 0.3) is 32.7 Å². The van der Waals surface area contributed by atoms with Crippen molar-refractivity contribution in [3.05, 3.63) is 48.9 Å². The number of piperidine rings is 1. The Morgan fingerprint density at radius 3 is 2.51 bits per heavy atom. The number of primary amides is 1. The number of nitrogens with two attached hydrogens (primary N) is 1. The number of urea groups is 1. The van der Waals surface area contributed by atoms with Crippen molar-refractivity contribution in [3.63, 3.8) is 0 Å². The molecule has 5 rings (SSSR count). The quantitative estimate of drug-likeness (QED) is 0.383. The van der Waals surface area contributed by atoms with Gasteiger partial charge in [-0.3, -0.25) is 19.7 Å². The van der Waals surface area contributed by atoms with Crippen LogP contribution in [-0.4, -0.2) is 56.7 Å². The second kappa shape index (κ2) is 9.74. The molecule has 190 valence electrons. The highest BCUT2D eigenvalue weighted by Crippen LogP contribution is 2.39. The summed E-state index contributed by atoms with van der Waals surface area (Å²) in [6.45, 7) is 5.29. The summed E-state index contributed by atoms with van der Waals surface area (Å²) in [6, 6.07) is 9.10. The zero-order valence-corrected chi connectivity index (χ0v) is 21.4. The highest BCUT2D eigenvalue weighted by Gasteiger charge is 2.37. The maximum absolute atomic E-state index is 11.9. The second-order valence-corrected chi connectivity index (χ2v) is 10.3. The Morgan fingerprint density at radius 2 is 1.92 bits per heavy atom. The molecule has 3 N–H and O–H groups in total. The Bertz CT molecular complexity index is 1450. The number of benzene rings is 1. The number of thiazole rings is 1. The fourth-order valence-electron chi connectivity index (χ4n) is 4.46. The minimum Gasteiger partial charge on any atom is -0.481 e. The first-order valence-corrected chi connectivity index (χ1v) is 12.8. The topological polar surface area (TPSA) is 138 Å². The maximum Gasteiger partial charge on any atom is 0.321 e. The fraction of sp³-hybridized carbons (Fsp3) is 0.308. The Labute approximate surface area is 217 Å². The van der Waals surface area contributed by atoms with Crippen molar-refractivity contribution in [1.82, 2.24) is 19.9 Å². The molecule has 2 amide bonds. The van der Waals surface area contributed by atoms with Crippen LogP contribution in [0.1, 0.15) is 26.7 Å². The van der Waals surface area contributed by atoms with Crippen molar-refractivity contribution < 1.29 is 14.7 Å². The van der Waals surface area contributed by atoms with E-state index in [0.717, 1.165) is 27.3 Å². The third-order valence-electron chi connectivity index (χ3n) is 6.87. The molecule has 10 nitrogen and oxygen atoms in total. The number of carbonyl (C=O) groups excluding carboxylic acids is 1. The molecular weight excluding hydrogens is 490 g/mol. The number of pyridine rings is 1. The fourth-order valence-corrected chi connectivity index (χ4v) is 5.60. The van der Waals surface area contributed by atoms with Crippen molar-refractivity contribution in [1.29, 1.82) is 0 Å². The lowest BCUT2D eigenvalue weighted by molar-refractivity contribution is -0.149. The number of hydrogen-bond donors (Lipinski definition) is 2. The van der Waals surface area contributed by atoms with Crippen LogP contribution in [0.3, 0.4) is 0 Å². The van der Waals surface area contributed by atoms with Gasteiger partial charge < -0.3 is 15.7 Å². The van der Waals surface area contributed by atoms with E-state index >= 15 is 0 Å². The van der Waals surface area contributed by atoms with E-state index in [0.29, 0.717) is 48.8 Å². The molecule has 0 aliphatic carbocycles. The molecule has 0 atom stereocenters. The molecular formula is C26H27N7O3S. The molecule has 1 aromatic carbocycles. The Morgan fingerprint density at radius 1 is 1.14 bits per heavy atom. The largest absolute Gasteiger partial charge is 0.481 e. The first kappa shape index (κ1) is 24.6. The summed E-state index contributed by atoms with van der Waals surface area (Å²) in [4.78, 5) is 45.5. The van der Waals surface area contributed by atoms with Gasteiger partial charge in [0, 0.05) is 37.0 Å². The summed E-state index contributed by atoms with van der Waals surface area (Å²) in [6.07, 6.45) is 6.30. The third-order valence-corrected chi connectivity index (χ3v) is 8.00. The molecule has 1 saturated heterocycles. The average molecular weight is 518 g/mol. The molecule has 0 radical (unpaired) electrons. The maximum atomic E-state index is 11.9. The van der Waals surface area contributed by atoms with Crippen molar-refractivity contribution in [2.75, 3.05) is 29.4 Å². The molecule has 0 unspecified atom stereocenters. The van der Waals surface area contributed by atoms with Crippen LogP contribution in [0, 0.1) is 5.41 Å². The standard InChI is InChI=1S/C26H27N7O3S/c1-3-33(24(27)36)25-31-19-13-16(12-17(22(19)37-25)18-6-4-5-9-28-18)20-14-30-21(15-29-20)32-10-7-26(2,8-11-32)23(34)35/h4-6,9,12-15H,3,7-8,10-11H2,1-2H3,(H2,27,36)(H,34,35). The molecule has 1 fully saturated rings. The number of carbonyl (C=O) groups is 2. The SMILES string of the molecule is CCN(C(N)=O)c1nc2cc(-c3cnc(N4CCC(C)(C(=O)O)CC4)cn3)cc(-c3ccccn3)c2s1. The summed E-state index contributed by atoms with van der Waals surface area (Å²) in [5, 5.41) is 10.0. The van der Waals surface area contributed by atoms with Crippen molar-refractivity contribution in [2.45, 2.75) is 26.7 Å². The molecule has 37 heavy (non-hydrogen) atoms. The number of fused-ring (bicyclic) bond motifs is 1. The Balaban J connectivity index is 1.50. The van der Waals surface area contributed by atoms with Crippen molar-refractivity contribution in [3.8, 4) is 22.5 Å². The molecule has 4 heterocycles. The van der Waals surface area contributed by atoms with Gasteiger partial charge in [-0.05, 0) is 51.0 Å². The van der Waals surface area contributed by atoms with Crippen molar-refractivity contribution in [2.24, 2.45) is 11.1 Å². The number of amides is 2. The molecule has 1 aliphatic rings. The van der Waals surface area contributed by atoms with Crippen LogP contribution in [0.2, 0.25) is 0 Å². The van der Waals surface area contributed by atoms with Crippen LogP contribution in [-0.2, 0) is 4.79 Å². The van der Waals surface area contributed by atoms with E-state index in [1.165, 1.54) is 16.2 Å².